The van der Waals surface area contributed by atoms with Gasteiger partial charge in [0.1, 0.15) is 12.1 Å². The van der Waals surface area contributed by atoms with Gasteiger partial charge in [0.15, 0.2) is 0 Å². The summed E-state index contributed by atoms with van der Waals surface area (Å²) in [5, 5.41) is 4.06. The van der Waals surface area contributed by atoms with Crippen LogP contribution in [0.25, 0.3) is 10.8 Å². The highest BCUT2D eigenvalue weighted by atomic mass is 32.2. The van der Waals surface area contributed by atoms with Crippen molar-refractivity contribution in [3.63, 3.8) is 0 Å². The van der Waals surface area contributed by atoms with Gasteiger partial charge in [-0.1, -0.05) is 98.4 Å². The molecule has 4 aromatic carbocycles. The first-order valence-corrected chi connectivity index (χ1v) is 14.1. The molecule has 0 aliphatic heterocycles. The highest BCUT2D eigenvalue weighted by molar-refractivity contribution is 7.89. The molecule has 0 saturated heterocycles. The van der Waals surface area contributed by atoms with Crippen LogP contribution in [-0.2, 0) is 19.6 Å². The number of nitrogens with one attached hydrogen (secondary N) is 2. The molecule has 0 spiro atoms. The minimum Gasteiger partial charge on any atom is -0.368 e. The van der Waals surface area contributed by atoms with Crippen LogP contribution >= 0.6 is 27.0 Å². The van der Waals surface area contributed by atoms with Crippen LogP contribution in [-0.4, -0.2) is 38.9 Å². The molecule has 6 N–H and O–H groups in total. The van der Waals surface area contributed by atoms with E-state index in [0.29, 0.717) is 5.39 Å². The third-order valence-corrected chi connectivity index (χ3v) is 8.25. The first-order chi connectivity index (χ1) is 18.7. The molecular formula is C31H40N4O4S3. The van der Waals surface area contributed by atoms with Crippen molar-refractivity contribution in [1.29, 1.82) is 0 Å². The molecule has 0 aliphatic carbocycles. The van der Waals surface area contributed by atoms with Gasteiger partial charge in [0.25, 0.3) is 0 Å². The van der Waals surface area contributed by atoms with Crippen LogP contribution in [0, 0.1) is 6.92 Å². The lowest BCUT2D eigenvalue weighted by Gasteiger charge is -2.28. The third-order valence-electron chi connectivity index (χ3n) is 6.72. The lowest BCUT2D eigenvalue weighted by atomic mass is 9.84. The number of aryl methyl sites for hydroxylation is 1. The first-order valence-electron chi connectivity index (χ1n) is 12.6. The maximum Gasteiger partial charge on any atom is 0.241 e. The zero-order valence-corrected chi connectivity index (χ0v) is 25.4. The van der Waals surface area contributed by atoms with Gasteiger partial charge in [-0.25, -0.2) is 8.42 Å². The molecule has 2 atom stereocenters. The molecule has 8 nitrogen and oxygen atoms in total. The topological polar surface area (TPSA) is 144 Å². The van der Waals surface area contributed by atoms with Crippen molar-refractivity contribution in [3.8, 4) is 0 Å². The van der Waals surface area contributed by atoms with Crippen LogP contribution < -0.4 is 21.5 Å². The SMILES string of the molecule is C.Cc1ccc(S(=O)(=O)N[C@@H](CCN)C(=O)N[C@H](C(N)=O)C(c2ccccc2)c2ccccc2)c2ccccc12.S.S. The Morgan fingerprint density at radius 1 is 0.786 bits per heavy atom. The van der Waals surface area contributed by atoms with Gasteiger partial charge in [-0.15, -0.1) is 0 Å². The highest BCUT2D eigenvalue weighted by Gasteiger charge is 2.34. The van der Waals surface area contributed by atoms with E-state index in [9.17, 15) is 18.0 Å². The number of nitrogens with two attached hydrogens (primary N) is 2. The predicted molar refractivity (Wildman–Crippen MR) is 180 cm³/mol. The van der Waals surface area contributed by atoms with E-state index in [1.54, 1.807) is 18.2 Å². The first kappa shape index (κ1) is 36.7. The summed E-state index contributed by atoms with van der Waals surface area (Å²) in [6, 6.07) is 26.5. The van der Waals surface area contributed by atoms with Gasteiger partial charge in [0, 0.05) is 11.3 Å². The summed E-state index contributed by atoms with van der Waals surface area (Å²) in [6.07, 6.45) is 0.0156. The standard InChI is InChI=1S/C30H32N4O4S.CH4.2H2S/c1-20-16-17-26(24-15-9-8-14-23(20)24)39(37,38)34-25(18-19-31)30(36)33-28(29(32)35)27(21-10-4-2-5-11-21)22-12-6-3-7-13-22;;;/h2-17,25,27-28,34H,18-19,31H2,1H3,(H2,32,35)(H,33,36);1H4;2*1H2/t25-,28-;;;/m0.../s1. The van der Waals surface area contributed by atoms with E-state index in [0.717, 1.165) is 22.1 Å². The Labute approximate surface area is 262 Å². The monoisotopic (exact) mass is 628 g/mol. The summed E-state index contributed by atoms with van der Waals surface area (Å²) < 4.78 is 29.6. The van der Waals surface area contributed by atoms with Crippen LogP contribution in [0.1, 0.15) is 36.5 Å². The summed E-state index contributed by atoms with van der Waals surface area (Å²) >= 11 is 0. The van der Waals surface area contributed by atoms with Crippen molar-refractivity contribution in [2.45, 2.75) is 43.7 Å². The van der Waals surface area contributed by atoms with Gasteiger partial charge >= 0.3 is 0 Å². The quantitative estimate of drug-likeness (QED) is 0.200. The Balaban J connectivity index is 0.00000294. The van der Waals surface area contributed by atoms with Crippen LogP contribution in [0.2, 0.25) is 0 Å². The summed E-state index contributed by atoms with van der Waals surface area (Å²) in [5.74, 6) is -2.04. The van der Waals surface area contributed by atoms with Crippen LogP contribution in [0.15, 0.2) is 102 Å². The maximum absolute atomic E-state index is 13.5. The second kappa shape index (κ2) is 16.3. The van der Waals surface area contributed by atoms with E-state index >= 15 is 0 Å². The summed E-state index contributed by atoms with van der Waals surface area (Å²) in [7, 11) is -4.13. The summed E-state index contributed by atoms with van der Waals surface area (Å²) in [5.41, 5.74) is 14.0. The van der Waals surface area contributed by atoms with E-state index in [1.165, 1.54) is 6.07 Å². The number of amides is 2. The molecule has 4 aromatic rings. The molecule has 0 unspecified atom stereocenters. The number of rotatable bonds is 11. The van der Waals surface area contributed by atoms with Gasteiger partial charge in [-0.3, -0.25) is 9.59 Å². The lowest BCUT2D eigenvalue weighted by Crippen LogP contribution is -2.55. The molecule has 0 saturated carbocycles. The van der Waals surface area contributed by atoms with E-state index in [2.05, 4.69) is 10.0 Å². The van der Waals surface area contributed by atoms with Crippen molar-refractivity contribution < 1.29 is 18.0 Å². The van der Waals surface area contributed by atoms with Gasteiger partial charge in [0.2, 0.25) is 21.8 Å². The van der Waals surface area contributed by atoms with Crippen molar-refractivity contribution >= 4 is 59.6 Å². The largest absolute Gasteiger partial charge is 0.368 e. The Bertz CT molecular complexity index is 1530. The van der Waals surface area contributed by atoms with Gasteiger partial charge < -0.3 is 16.8 Å². The second-order valence-electron chi connectivity index (χ2n) is 9.37. The Morgan fingerprint density at radius 2 is 1.29 bits per heavy atom. The minimum absolute atomic E-state index is 0. The summed E-state index contributed by atoms with van der Waals surface area (Å²) in [6.45, 7) is 1.94. The fourth-order valence-electron chi connectivity index (χ4n) is 4.79. The maximum atomic E-state index is 13.5. The van der Waals surface area contributed by atoms with E-state index in [4.69, 9.17) is 11.5 Å². The van der Waals surface area contributed by atoms with Crippen LogP contribution in [0.5, 0.6) is 0 Å². The number of fused-ring (bicyclic) bond motifs is 1. The fourth-order valence-corrected chi connectivity index (χ4v) is 6.23. The molecule has 226 valence electrons. The highest BCUT2D eigenvalue weighted by Crippen LogP contribution is 2.29. The molecule has 4 rings (SSSR count). The number of benzene rings is 4. The Morgan fingerprint density at radius 3 is 1.79 bits per heavy atom. The van der Waals surface area contributed by atoms with E-state index in [1.807, 2.05) is 79.7 Å². The number of sulfonamides is 1. The van der Waals surface area contributed by atoms with Gasteiger partial charge in [-0.05, 0) is 48.0 Å². The second-order valence-corrected chi connectivity index (χ2v) is 11.0. The number of hydrogen-bond donors (Lipinski definition) is 4. The fraction of sp³-hybridized carbons (Fsp3) is 0.226. The van der Waals surface area contributed by atoms with Crippen LogP contribution in [0.3, 0.4) is 0 Å². The molecule has 0 heterocycles. The Hall–Kier alpha value is -3.35. The zero-order chi connectivity index (χ0) is 28.0. The van der Waals surface area contributed by atoms with Crippen molar-refractivity contribution in [3.05, 3.63) is 114 Å². The lowest BCUT2D eigenvalue weighted by molar-refractivity contribution is -0.128. The van der Waals surface area contributed by atoms with Crippen molar-refractivity contribution in [1.82, 2.24) is 10.0 Å². The number of hydrogen-bond acceptors (Lipinski definition) is 5. The molecule has 42 heavy (non-hydrogen) atoms. The molecule has 0 aliphatic rings. The molecular weight excluding hydrogens is 589 g/mol. The predicted octanol–water partition coefficient (Wildman–Crippen LogP) is 3.81. The molecule has 0 aromatic heterocycles. The molecule has 11 heteroatoms. The van der Waals surface area contributed by atoms with E-state index < -0.39 is 39.8 Å². The van der Waals surface area contributed by atoms with Crippen molar-refractivity contribution in [2.24, 2.45) is 11.5 Å². The zero-order valence-electron chi connectivity index (χ0n) is 22.6. The molecule has 0 bridgehead atoms. The van der Waals surface area contributed by atoms with Gasteiger partial charge in [-0.2, -0.15) is 31.7 Å². The number of carbonyl (C=O) groups excluding carboxylic acids is 2. The van der Waals surface area contributed by atoms with Gasteiger partial charge in [0.05, 0.1) is 4.90 Å². The molecule has 0 fully saturated rings. The summed E-state index contributed by atoms with van der Waals surface area (Å²) in [4.78, 5) is 26.3. The minimum atomic E-state index is -4.13. The third kappa shape index (κ3) is 8.36. The molecule has 2 amide bonds. The van der Waals surface area contributed by atoms with Crippen molar-refractivity contribution in [2.75, 3.05) is 6.54 Å². The molecule has 0 radical (unpaired) electrons. The van der Waals surface area contributed by atoms with Crippen LogP contribution in [0.4, 0.5) is 0 Å². The normalized spacial score (nSPS) is 12.3. The van der Waals surface area contributed by atoms with E-state index in [-0.39, 0.29) is 52.3 Å². The average molecular weight is 629 g/mol. The average Bonchev–Trinajstić information content (AvgIpc) is 2.93. The number of carbonyl (C=O) groups is 2. The Kier molecular flexibility index (Phi) is 14.3. The number of primary amides is 1. The smallest absolute Gasteiger partial charge is 0.241 e.